The summed E-state index contributed by atoms with van der Waals surface area (Å²) in [4.78, 5) is 12.5. The number of unbranched alkanes of at least 4 members (excludes halogenated alkanes) is 27. The highest BCUT2D eigenvalue weighted by Gasteiger charge is 2.18. The van der Waals surface area contributed by atoms with Crippen LogP contribution in [0.3, 0.4) is 0 Å². The monoisotopic (exact) mass is 914 g/mol. The fraction of sp³-hybridized carbons (Fsp3) is 0.694. The predicted molar refractivity (Wildman–Crippen MR) is 294 cm³/mol. The number of carbonyl (C=O) groups excluding carboxylic acids is 1. The zero-order valence-electron chi connectivity index (χ0n) is 43.4. The molecule has 378 valence electrons. The second kappa shape index (κ2) is 56.4. The number of carbonyl (C=O) groups is 1. The number of hydrogen-bond donors (Lipinski definition) is 3. The molecule has 3 N–H and O–H groups in total. The quantitative estimate of drug-likeness (QED) is 0.0421. The van der Waals surface area contributed by atoms with Gasteiger partial charge in [0.25, 0.3) is 0 Å². The summed E-state index contributed by atoms with van der Waals surface area (Å²) in [5.41, 5.74) is 0. The molecule has 66 heavy (non-hydrogen) atoms. The van der Waals surface area contributed by atoms with Crippen LogP contribution in [-0.4, -0.2) is 34.9 Å². The Morgan fingerprint density at radius 2 is 0.667 bits per heavy atom. The maximum absolute atomic E-state index is 12.5. The van der Waals surface area contributed by atoms with Gasteiger partial charge in [0.15, 0.2) is 0 Å². The van der Waals surface area contributed by atoms with Crippen molar-refractivity contribution >= 4 is 5.91 Å². The molecule has 0 saturated heterocycles. The van der Waals surface area contributed by atoms with E-state index in [2.05, 4.69) is 116 Å². The van der Waals surface area contributed by atoms with E-state index < -0.39 is 12.1 Å². The van der Waals surface area contributed by atoms with E-state index in [1.807, 2.05) is 6.08 Å². The molecule has 0 aromatic carbocycles. The van der Waals surface area contributed by atoms with E-state index in [4.69, 9.17) is 0 Å². The molecule has 0 rings (SSSR count). The first kappa shape index (κ1) is 63.0. The van der Waals surface area contributed by atoms with Crippen LogP contribution in [0.15, 0.2) is 109 Å². The average molecular weight is 915 g/mol. The Kier molecular flexibility index (Phi) is 53.9. The molecule has 2 atom stereocenters. The third-order valence-electron chi connectivity index (χ3n) is 12.3. The molecule has 0 spiro atoms. The van der Waals surface area contributed by atoms with Crippen molar-refractivity contribution < 1.29 is 15.0 Å². The Balaban J connectivity index is 3.61. The van der Waals surface area contributed by atoms with Crippen molar-refractivity contribution in [2.75, 3.05) is 6.61 Å². The molecular weight excluding hydrogens is 807 g/mol. The molecular formula is C62H107NO3. The molecule has 4 nitrogen and oxygen atoms in total. The minimum Gasteiger partial charge on any atom is -0.394 e. The molecule has 0 saturated carbocycles. The molecule has 0 radical (unpaired) electrons. The average Bonchev–Trinajstić information content (AvgIpc) is 3.32. The lowest BCUT2D eigenvalue weighted by Gasteiger charge is -2.20. The van der Waals surface area contributed by atoms with Gasteiger partial charge in [-0.3, -0.25) is 4.79 Å². The van der Waals surface area contributed by atoms with E-state index in [9.17, 15) is 15.0 Å². The van der Waals surface area contributed by atoms with Crippen LogP contribution in [-0.2, 0) is 4.79 Å². The number of aliphatic hydroxyl groups is 2. The van der Waals surface area contributed by atoms with Gasteiger partial charge < -0.3 is 15.5 Å². The van der Waals surface area contributed by atoms with Gasteiger partial charge in [0.05, 0.1) is 18.8 Å². The Morgan fingerprint density at radius 1 is 0.379 bits per heavy atom. The fourth-order valence-electron chi connectivity index (χ4n) is 8.02. The summed E-state index contributed by atoms with van der Waals surface area (Å²) in [6.45, 7) is 4.20. The minimum atomic E-state index is -0.851. The van der Waals surface area contributed by atoms with E-state index in [0.717, 1.165) is 89.9 Å². The zero-order chi connectivity index (χ0) is 47.7. The number of amides is 1. The normalized spacial score (nSPS) is 13.7. The molecule has 0 fully saturated rings. The summed E-state index contributed by atoms with van der Waals surface area (Å²) in [5, 5.41) is 23.2. The smallest absolute Gasteiger partial charge is 0.220 e. The summed E-state index contributed by atoms with van der Waals surface area (Å²) >= 11 is 0. The third-order valence-corrected chi connectivity index (χ3v) is 12.3. The zero-order valence-corrected chi connectivity index (χ0v) is 43.4. The van der Waals surface area contributed by atoms with Crippen LogP contribution in [0.2, 0.25) is 0 Å². The van der Waals surface area contributed by atoms with Crippen molar-refractivity contribution in [3.63, 3.8) is 0 Å². The number of allylic oxidation sites excluding steroid dienone is 17. The minimum absolute atomic E-state index is 0.0753. The van der Waals surface area contributed by atoms with Gasteiger partial charge in [-0.15, -0.1) is 0 Å². The molecule has 0 aromatic rings. The fourth-order valence-corrected chi connectivity index (χ4v) is 8.02. The van der Waals surface area contributed by atoms with E-state index in [-0.39, 0.29) is 12.5 Å². The Bertz CT molecular complexity index is 1270. The summed E-state index contributed by atoms with van der Waals surface area (Å²) < 4.78 is 0. The van der Waals surface area contributed by atoms with Crippen molar-refractivity contribution in [2.45, 2.75) is 270 Å². The van der Waals surface area contributed by atoms with Crippen LogP contribution < -0.4 is 5.32 Å². The van der Waals surface area contributed by atoms with E-state index in [1.165, 1.54) is 148 Å². The second-order valence-corrected chi connectivity index (χ2v) is 18.6. The maximum Gasteiger partial charge on any atom is 0.220 e. The van der Waals surface area contributed by atoms with Gasteiger partial charge in [-0.1, -0.05) is 277 Å². The molecule has 0 aliphatic carbocycles. The lowest BCUT2D eigenvalue weighted by Crippen LogP contribution is -2.45. The van der Waals surface area contributed by atoms with Crippen LogP contribution in [0.1, 0.15) is 258 Å². The van der Waals surface area contributed by atoms with Gasteiger partial charge in [-0.05, 0) is 83.5 Å². The number of nitrogens with one attached hydrogen (secondary N) is 1. The molecule has 2 unspecified atom stereocenters. The molecule has 0 aliphatic rings. The van der Waals surface area contributed by atoms with Gasteiger partial charge in [0.2, 0.25) is 5.91 Å². The lowest BCUT2D eigenvalue weighted by atomic mass is 10.0. The standard InChI is InChI=1S/C62H107NO3/c1-3-5-7-9-11-13-15-17-19-21-23-25-26-27-28-29-30-31-32-33-34-35-36-38-40-42-44-46-48-50-52-54-56-58-62(66)63-60(59-64)61(65)57-55-53-51-49-47-45-43-41-39-37-24-22-20-18-16-14-12-10-8-6-4-2/h5,7,11,13,17,19,23,25,27-28,30-31,33-34,36,38,55,57,60-61,64-65H,3-4,6,8-10,12,14-16,18,20-22,24,26,29,32,35,37,39-54,56,58-59H2,1-2H3,(H,63,66)/b7-5-,13-11-,19-17-,25-23-,28-27-,31-30-,34-33-,38-36-,57-55+. The van der Waals surface area contributed by atoms with E-state index in [1.54, 1.807) is 6.08 Å². The predicted octanol–water partition coefficient (Wildman–Crippen LogP) is 18.7. The Hall–Kier alpha value is -2.95. The first-order chi connectivity index (χ1) is 32.7. The SMILES string of the molecule is CC/C=C\C/C=C\C/C=C\C/C=C\C/C=C\C/C=C\C/C=C\C/C=C\CCCCCCCCCCC(=O)NC(CO)C(O)/C=C/CCCCCCCCCCCCCCCCCCCCC. The Labute approximate surface area is 410 Å². The van der Waals surface area contributed by atoms with Gasteiger partial charge in [-0.2, -0.15) is 0 Å². The van der Waals surface area contributed by atoms with Crippen molar-refractivity contribution in [2.24, 2.45) is 0 Å². The summed E-state index contributed by atoms with van der Waals surface area (Å²) in [7, 11) is 0. The van der Waals surface area contributed by atoms with Gasteiger partial charge in [-0.25, -0.2) is 0 Å². The number of rotatable bonds is 50. The summed E-state index contributed by atoms with van der Waals surface area (Å²) in [5.74, 6) is -0.0753. The van der Waals surface area contributed by atoms with Crippen LogP contribution >= 0.6 is 0 Å². The van der Waals surface area contributed by atoms with E-state index >= 15 is 0 Å². The van der Waals surface area contributed by atoms with Gasteiger partial charge >= 0.3 is 0 Å². The van der Waals surface area contributed by atoms with Crippen LogP contribution in [0.4, 0.5) is 0 Å². The number of aliphatic hydroxyl groups excluding tert-OH is 2. The molecule has 0 aliphatic heterocycles. The molecule has 1 amide bonds. The van der Waals surface area contributed by atoms with Crippen LogP contribution in [0, 0.1) is 0 Å². The third kappa shape index (κ3) is 52.0. The van der Waals surface area contributed by atoms with E-state index in [0.29, 0.717) is 6.42 Å². The molecule has 0 bridgehead atoms. The first-order valence-corrected chi connectivity index (χ1v) is 28.1. The second-order valence-electron chi connectivity index (χ2n) is 18.6. The topological polar surface area (TPSA) is 69.6 Å². The maximum atomic E-state index is 12.5. The van der Waals surface area contributed by atoms with Crippen molar-refractivity contribution in [1.29, 1.82) is 0 Å². The van der Waals surface area contributed by atoms with Crippen molar-refractivity contribution in [1.82, 2.24) is 5.32 Å². The van der Waals surface area contributed by atoms with Crippen molar-refractivity contribution in [3.05, 3.63) is 109 Å². The van der Waals surface area contributed by atoms with Gasteiger partial charge in [0, 0.05) is 6.42 Å². The lowest BCUT2D eigenvalue weighted by molar-refractivity contribution is -0.123. The largest absolute Gasteiger partial charge is 0.394 e. The van der Waals surface area contributed by atoms with Crippen molar-refractivity contribution in [3.8, 4) is 0 Å². The highest BCUT2D eigenvalue weighted by molar-refractivity contribution is 5.76. The highest BCUT2D eigenvalue weighted by Crippen LogP contribution is 2.16. The molecule has 0 aromatic heterocycles. The first-order valence-electron chi connectivity index (χ1n) is 28.1. The highest BCUT2D eigenvalue weighted by atomic mass is 16.3. The number of hydrogen-bond acceptors (Lipinski definition) is 3. The summed E-state index contributed by atoms with van der Waals surface area (Å²) in [6.07, 6.45) is 85.2. The van der Waals surface area contributed by atoms with Crippen LogP contribution in [0.25, 0.3) is 0 Å². The molecule has 0 heterocycles. The Morgan fingerprint density at radius 3 is 1.00 bits per heavy atom. The molecule has 4 heteroatoms. The summed E-state index contributed by atoms with van der Waals surface area (Å²) in [6, 6.07) is -0.635. The van der Waals surface area contributed by atoms with Gasteiger partial charge in [0.1, 0.15) is 0 Å². The van der Waals surface area contributed by atoms with Crippen LogP contribution in [0.5, 0.6) is 0 Å².